The summed E-state index contributed by atoms with van der Waals surface area (Å²) in [6, 6.07) is 2.93. The molecule has 7 heteroatoms. The van der Waals surface area contributed by atoms with Gasteiger partial charge in [-0.3, -0.25) is 0 Å². The molecular formula is C12H18N2O4S. The molecule has 6 nitrogen and oxygen atoms in total. The maximum Gasteiger partial charge on any atom is 0.354 e. The number of nitrogens with zero attached hydrogens (tertiary/aromatic N) is 2. The van der Waals surface area contributed by atoms with Crippen LogP contribution in [0.4, 0.5) is 0 Å². The van der Waals surface area contributed by atoms with E-state index in [1.165, 1.54) is 28.1 Å². The van der Waals surface area contributed by atoms with Crippen LogP contribution in [0.2, 0.25) is 0 Å². The summed E-state index contributed by atoms with van der Waals surface area (Å²) in [5.41, 5.74) is 0.234. The van der Waals surface area contributed by atoms with E-state index in [1.807, 2.05) is 0 Å². The van der Waals surface area contributed by atoms with Crippen molar-refractivity contribution in [3.63, 3.8) is 0 Å². The Morgan fingerprint density at radius 3 is 2.42 bits per heavy atom. The largest absolute Gasteiger partial charge is 0.464 e. The predicted molar refractivity (Wildman–Crippen MR) is 69.4 cm³/mol. The van der Waals surface area contributed by atoms with E-state index in [2.05, 4.69) is 4.74 Å². The zero-order chi connectivity index (χ0) is 14.0. The summed E-state index contributed by atoms with van der Waals surface area (Å²) in [5, 5.41) is 0.134. The highest BCUT2D eigenvalue weighted by molar-refractivity contribution is 7.89. The Hall–Kier alpha value is -1.34. The molecule has 0 amide bonds. The highest BCUT2D eigenvalue weighted by Gasteiger charge is 2.29. The van der Waals surface area contributed by atoms with Crippen LogP contribution in [0.15, 0.2) is 17.2 Å². The fraction of sp³-hybridized carbons (Fsp3) is 0.583. The first-order chi connectivity index (χ1) is 8.98. The van der Waals surface area contributed by atoms with Crippen LogP contribution in [0.1, 0.15) is 29.8 Å². The second kappa shape index (κ2) is 5.34. The van der Waals surface area contributed by atoms with Crippen molar-refractivity contribution in [1.82, 2.24) is 8.87 Å². The van der Waals surface area contributed by atoms with Gasteiger partial charge in [-0.1, -0.05) is 6.42 Å². The molecule has 106 valence electrons. The minimum absolute atomic E-state index is 0.134. The van der Waals surface area contributed by atoms with Crippen molar-refractivity contribution >= 4 is 16.0 Å². The molecule has 0 radical (unpaired) electrons. The fourth-order valence-corrected chi connectivity index (χ4v) is 3.99. The second-order valence-electron chi connectivity index (χ2n) is 4.57. The van der Waals surface area contributed by atoms with Crippen molar-refractivity contribution in [2.24, 2.45) is 7.05 Å². The van der Waals surface area contributed by atoms with Gasteiger partial charge in [-0.05, 0) is 25.0 Å². The molecule has 0 aromatic carbocycles. The topological polar surface area (TPSA) is 68.6 Å². The highest BCUT2D eigenvalue weighted by atomic mass is 32.2. The first-order valence-corrected chi connectivity index (χ1v) is 7.66. The Bertz CT molecular complexity index is 571. The number of piperidine rings is 1. The lowest BCUT2D eigenvalue weighted by molar-refractivity contribution is 0.0589. The lowest BCUT2D eigenvalue weighted by Gasteiger charge is -2.26. The number of ether oxygens (including phenoxy) is 1. The predicted octanol–water partition coefficient (Wildman–Crippen LogP) is 0.986. The number of hydrogen-bond acceptors (Lipinski definition) is 4. The van der Waals surface area contributed by atoms with Crippen LogP contribution < -0.4 is 0 Å². The Labute approximate surface area is 113 Å². The quantitative estimate of drug-likeness (QED) is 0.777. The molecular weight excluding hydrogens is 268 g/mol. The van der Waals surface area contributed by atoms with Crippen LogP contribution in [0.25, 0.3) is 0 Å². The molecule has 0 saturated carbocycles. The fourth-order valence-electron chi connectivity index (χ4n) is 2.30. The van der Waals surface area contributed by atoms with Gasteiger partial charge in [0.25, 0.3) is 10.0 Å². The lowest BCUT2D eigenvalue weighted by atomic mass is 10.2. The van der Waals surface area contributed by atoms with Gasteiger partial charge in [0.15, 0.2) is 5.03 Å². The van der Waals surface area contributed by atoms with Crippen LogP contribution in [0, 0.1) is 0 Å². The summed E-state index contributed by atoms with van der Waals surface area (Å²) >= 11 is 0. The molecule has 1 aromatic heterocycles. The third kappa shape index (κ3) is 2.52. The Balaban J connectivity index is 2.35. The van der Waals surface area contributed by atoms with E-state index in [-0.39, 0.29) is 10.7 Å². The van der Waals surface area contributed by atoms with Crippen LogP contribution in [-0.2, 0) is 21.8 Å². The van der Waals surface area contributed by atoms with Gasteiger partial charge >= 0.3 is 5.97 Å². The van der Waals surface area contributed by atoms with E-state index in [0.29, 0.717) is 13.1 Å². The highest BCUT2D eigenvalue weighted by Crippen LogP contribution is 2.22. The lowest BCUT2D eigenvalue weighted by Crippen LogP contribution is -2.36. The third-order valence-electron chi connectivity index (χ3n) is 3.39. The smallest absolute Gasteiger partial charge is 0.354 e. The molecule has 1 fully saturated rings. The number of methoxy groups -OCH3 is 1. The second-order valence-corrected chi connectivity index (χ2v) is 6.46. The first kappa shape index (κ1) is 14.1. The number of esters is 1. The zero-order valence-corrected chi connectivity index (χ0v) is 11.9. The minimum atomic E-state index is -3.53. The number of sulfonamides is 1. The Morgan fingerprint density at radius 1 is 1.21 bits per heavy atom. The van der Waals surface area contributed by atoms with E-state index in [1.54, 1.807) is 7.05 Å². The van der Waals surface area contributed by atoms with E-state index in [4.69, 9.17) is 0 Å². The van der Waals surface area contributed by atoms with E-state index >= 15 is 0 Å². The summed E-state index contributed by atoms with van der Waals surface area (Å²) in [7, 11) is -0.695. The van der Waals surface area contributed by atoms with Crippen molar-refractivity contribution in [3.8, 4) is 0 Å². The van der Waals surface area contributed by atoms with Crippen LogP contribution in [0.3, 0.4) is 0 Å². The summed E-state index contributed by atoms with van der Waals surface area (Å²) in [6.07, 6.45) is 2.83. The first-order valence-electron chi connectivity index (χ1n) is 6.22. The van der Waals surface area contributed by atoms with Gasteiger partial charge in [-0.25, -0.2) is 13.2 Å². The number of aromatic nitrogens is 1. The van der Waals surface area contributed by atoms with Crippen LogP contribution in [-0.4, -0.2) is 43.5 Å². The van der Waals surface area contributed by atoms with E-state index in [0.717, 1.165) is 19.3 Å². The monoisotopic (exact) mass is 286 g/mol. The molecule has 2 rings (SSSR count). The maximum absolute atomic E-state index is 12.5. The summed E-state index contributed by atoms with van der Waals surface area (Å²) in [5.74, 6) is -0.539. The molecule has 0 atom stereocenters. The molecule has 1 aromatic rings. The van der Waals surface area contributed by atoms with Gasteiger partial charge in [-0.2, -0.15) is 4.31 Å². The molecule has 0 aliphatic carbocycles. The zero-order valence-electron chi connectivity index (χ0n) is 11.1. The normalized spacial score (nSPS) is 17.4. The van der Waals surface area contributed by atoms with Crippen molar-refractivity contribution in [2.75, 3.05) is 20.2 Å². The average Bonchev–Trinajstić information content (AvgIpc) is 2.81. The molecule has 2 heterocycles. The third-order valence-corrected chi connectivity index (χ3v) is 5.37. The van der Waals surface area contributed by atoms with Gasteiger partial charge in [0.1, 0.15) is 5.69 Å². The van der Waals surface area contributed by atoms with Gasteiger partial charge in [0.05, 0.1) is 7.11 Å². The van der Waals surface area contributed by atoms with Crippen molar-refractivity contribution < 1.29 is 17.9 Å². The molecule has 1 aliphatic rings. The Kier molecular flexibility index (Phi) is 3.96. The van der Waals surface area contributed by atoms with E-state index in [9.17, 15) is 13.2 Å². The molecule has 1 saturated heterocycles. The number of rotatable bonds is 3. The van der Waals surface area contributed by atoms with Gasteiger partial charge < -0.3 is 9.30 Å². The number of carbonyl (C=O) groups excluding carboxylic acids is 1. The standard InChI is InChI=1S/C12H18N2O4S/c1-13-10(12(15)18-2)6-7-11(13)19(16,17)14-8-4-3-5-9-14/h6-7H,3-5,8-9H2,1-2H3. The number of hydrogen-bond donors (Lipinski definition) is 0. The van der Waals surface area contributed by atoms with Gasteiger partial charge in [0.2, 0.25) is 0 Å². The molecule has 0 spiro atoms. The average molecular weight is 286 g/mol. The molecule has 0 N–H and O–H groups in total. The summed E-state index contributed by atoms with van der Waals surface area (Å²) in [4.78, 5) is 11.5. The van der Waals surface area contributed by atoms with Crippen molar-refractivity contribution in [2.45, 2.75) is 24.3 Å². The molecule has 1 aliphatic heterocycles. The van der Waals surface area contributed by atoms with Crippen LogP contribution in [0.5, 0.6) is 0 Å². The van der Waals surface area contributed by atoms with E-state index < -0.39 is 16.0 Å². The van der Waals surface area contributed by atoms with Crippen molar-refractivity contribution in [3.05, 3.63) is 17.8 Å². The van der Waals surface area contributed by atoms with Gasteiger partial charge in [0, 0.05) is 20.1 Å². The summed E-state index contributed by atoms with van der Waals surface area (Å²) in [6.45, 7) is 1.09. The maximum atomic E-state index is 12.5. The molecule has 0 bridgehead atoms. The molecule has 19 heavy (non-hydrogen) atoms. The molecule has 0 unspecified atom stereocenters. The number of carbonyl (C=O) groups is 1. The minimum Gasteiger partial charge on any atom is -0.464 e. The summed E-state index contributed by atoms with van der Waals surface area (Å²) < 4.78 is 32.4. The SMILES string of the molecule is COC(=O)c1ccc(S(=O)(=O)N2CCCCC2)n1C. The van der Waals surface area contributed by atoms with Crippen molar-refractivity contribution in [1.29, 1.82) is 0 Å². The Morgan fingerprint density at radius 2 is 1.84 bits per heavy atom. The van der Waals surface area contributed by atoms with Gasteiger partial charge in [-0.15, -0.1) is 0 Å². The van der Waals surface area contributed by atoms with Crippen LogP contribution >= 0.6 is 0 Å².